The molecule has 0 rings (SSSR count). The number of aliphatic hydroxyl groups is 1. The van der Waals surface area contributed by atoms with Crippen LogP contribution in [-0.2, 0) is 17.2 Å². The summed E-state index contributed by atoms with van der Waals surface area (Å²) in [5, 5.41) is 11.6. The molecule has 6 nitrogen and oxygen atoms in total. The SMILES string of the molecule is C.CC(C)=CCC/C(C)=C/C=O.CC(C)=CCC/C(C)=C/CO.CC/C=C(\C)CCC=C(C)C.CCCN(C)C/C=C(\C)CCC=C(C)C.CCCNC.[N-]=[N+]=S. The van der Waals surface area contributed by atoms with Gasteiger partial charge in [0.2, 0.25) is 0 Å². The zero-order valence-corrected chi connectivity index (χ0v) is 40.7. The molecule has 7 heteroatoms. The quantitative estimate of drug-likeness (QED) is 0.0396. The minimum atomic E-state index is 0. The fourth-order valence-corrected chi connectivity index (χ4v) is 4.40. The molecule has 0 bridgehead atoms. The van der Waals surface area contributed by atoms with Crippen molar-refractivity contribution in [2.75, 3.05) is 40.3 Å². The maximum absolute atomic E-state index is 10.0. The number of hydrogen-bond donors (Lipinski definition) is 2. The van der Waals surface area contributed by atoms with Crippen LogP contribution < -0.4 is 9.48 Å². The predicted octanol–water partition coefficient (Wildman–Crippen LogP) is 14.7. The summed E-state index contributed by atoms with van der Waals surface area (Å²) in [7, 11) is 4.15. The van der Waals surface area contributed by atoms with Crippen molar-refractivity contribution < 1.29 is 9.90 Å². The lowest BCUT2D eigenvalue weighted by atomic mass is 10.1. The average Bonchev–Trinajstić information content (AvgIpc) is 3.09. The molecule has 0 radical (unpaired) electrons. The van der Waals surface area contributed by atoms with E-state index in [0.29, 0.717) is 0 Å². The smallest absolute Gasteiger partial charge is 0.392 e. The number of rotatable bonds is 21. The van der Waals surface area contributed by atoms with E-state index in [1.54, 1.807) is 6.08 Å². The number of aldehydes is 1. The molecule has 334 valence electrons. The summed E-state index contributed by atoms with van der Waals surface area (Å²) in [5.41, 5.74) is 18.0. The van der Waals surface area contributed by atoms with E-state index in [4.69, 9.17) is 10.6 Å². The van der Waals surface area contributed by atoms with Crippen molar-refractivity contribution in [3.63, 3.8) is 0 Å². The van der Waals surface area contributed by atoms with Crippen molar-refractivity contribution in [2.24, 2.45) is 0 Å². The zero-order valence-electron chi connectivity index (χ0n) is 39.9. The molecule has 0 aromatic carbocycles. The molecule has 0 aromatic rings. The molecule has 2 N–H and O–H groups in total. The van der Waals surface area contributed by atoms with Crippen LogP contribution >= 0.6 is 0 Å². The third kappa shape index (κ3) is 86.3. The van der Waals surface area contributed by atoms with Crippen LogP contribution in [0.25, 0.3) is 5.53 Å². The second-order valence-electron chi connectivity index (χ2n) is 15.1. The van der Waals surface area contributed by atoms with E-state index in [-0.39, 0.29) is 14.0 Å². The van der Waals surface area contributed by atoms with E-state index in [0.717, 1.165) is 50.6 Å². The highest BCUT2D eigenvalue weighted by Gasteiger charge is 1.94. The number of carbonyl (C=O) groups excluding carboxylic acids is 1. The standard InChI is InChI=1S/C14H27N.C11H20.C10H18O.C10H16O.C4H11N.CH4.N2S/c1-6-11-15(5)12-10-14(4)9-7-8-13(2)3;1-5-7-11(4)9-6-8-10(2)3;2*1-9(2)5-4-6-10(3)7-8-11;1-3-4-5-2;;1-2-3/h8,10H,6-7,9,11-12H2,1-5H3;7-8H,5-6,9H2,1-4H3;5,7,11H,4,6,8H2,1-3H3;5,7-8H,4,6H2,1-3H3;5H,3-4H2,1-2H3;1H4;/b14-10+;11-7+;2*10-7+;;;. The summed E-state index contributed by atoms with van der Waals surface area (Å²) in [4.78, 5) is 12.4. The lowest BCUT2D eigenvalue weighted by Crippen LogP contribution is -2.19. The number of likely N-dealkylation sites (N-methyl/N-ethyl adjacent to an activating group) is 1. The Morgan fingerprint density at radius 2 is 0.982 bits per heavy atom. The van der Waals surface area contributed by atoms with Gasteiger partial charge in [0.15, 0.2) is 0 Å². The fourth-order valence-electron chi connectivity index (χ4n) is 4.40. The Kier molecular flexibility index (Phi) is 69.5. The van der Waals surface area contributed by atoms with Crippen LogP contribution in [0.2, 0.25) is 0 Å². The highest BCUT2D eigenvalue weighted by atomic mass is 32.1. The van der Waals surface area contributed by atoms with Gasteiger partial charge in [-0.2, -0.15) is 0 Å². The Balaban J connectivity index is -0.000000110. The zero-order chi connectivity index (χ0) is 44.6. The second-order valence-corrected chi connectivity index (χ2v) is 15.3. The number of allylic oxidation sites excluding steroid dienone is 14. The van der Waals surface area contributed by atoms with Crippen LogP contribution in [0.3, 0.4) is 0 Å². The van der Waals surface area contributed by atoms with Gasteiger partial charge in [0, 0.05) is 6.54 Å². The molecule has 0 saturated heterocycles. The first kappa shape index (κ1) is 68.9. The molecular weight excluding hydrogens is 721 g/mol. The molecule has 0 aliphatic carbocycles. The first-order chi connectivity index (χ1) is 26.4. The van der Waals surface area contributed by atoms with E-state index < -0.39 is 0 Å². The van der Waals surface area contributed by atoms with E-state index in [2.05, 4.69) is 167 Å². The van der Waals surface area contributed by atoms with Crippen molar-refractivity contribution in [2.45, 2.75) is 182 Å². The largest absolute Gasteiger partial charge is 0.409 e. The van der Waals surface area contributed by atoms with Gasteiger partial charge in [-0.05, 0) is 187 Å². The van der Waals surface area contributed by atoms with Crippen LogP contribution in [0.5, 0.6) is 0 Å². The fraction of sp³-hybridized carbons (Fsp3) is 0.660. The Hall–Kier alpha value is -2.80. The third-order valence-corrected chi connectivity index (χ3v) is 7.57. The molecule has 0 spiro atoms. The molecular formula is C50H96N4O2S. The van der Waals surface area contributed by atoms with Gasteiger partial charge < -0.3 is 20.9 Å². The van der Waals surface area contributed by atoms with Gasteiger partial charge >= 0.3 is 12.4 Å². The maximum Gasteiger partial charge on any atom is 0.409 e. The first-order valence-corrected chi connectivity index (χ1v) is 21.3. The summed E-state index contributed by atoms with van der Waals surface area (Å²) < 4.78 is 2.08. The summed E-state index contributed by atoms with van der Waals surface area (Å²) in [6, 6.07) is 0. The van der Waals surface area contributed by atoms with Crippen LogP contribution in [0.1, 0.15) is 182 Å². The van der Waals surface area contributed by atoms with Gasteiger partial charge in [0.1, 0.15) is 6.29 Å². The lowest BCUT2D eigenvalue weighted by Gasteiger charge is -2.13. The first-order valence-electron chi connectivity index (χ1n) is 20.9. The topological polar surface area (TPSA) is 89.0 Å². The summed E-state index contributed by atoms with van der Waals surface area (Å²) in [5.74, 6) is 0. The van der Waals surface area contributed by atoms with Crippen molar-refractivity contribution in [1.29, 1.82) is 0 Å². The van der Waals surface area contributed by atoms with E-state index in [1.807, 2.05) is 20.0 Å². The Bertz CT molecular complexity index is 1120. The Morgan fingerprint density at radius 1 is 0.632 bits per heavy atom. The van der Waals surface area contributed by atoms with Gasteiger partial charge in [-0.15, -0.1) is 0 Å². The minimum absolute atomic E-state index is 0. The number of nitrogens with one attached hydrogen (secondary N) is 1. The Morgan fingerprint density at radius 3 is 1.25 bits per heavy atom. The van der Waals surface area contributed by atoms with Gasteiger partial charge in [-0.1, -0.05) is 119 Å². The molecule has 0 aliphatic heterocycles. The third-order valence-electron chi connectivity index (χ3n) is 7.57. The summed E-state index contributed by atoms with van der Waals surface area (Å²) in [6.07, 6.45) is 30.6. The van der Waals surface area contributed by atoms with Crippen LogP contribution in [0, 0.1) is 0 Å². The van der Waals surface area contributed by atoms with Gasteiger partial charge in [0.25, 0.3) is 0 Å². The number of nitrogens with zero attached hydrogens (tertiary/aromatic N) is 3. The molecule has 0 aromatic heterocycles. The van der Waals surface area contributed by atoms with Crippen molar-refractivity contribution in [3.05, 3.63) is 98.7 Å². The van der Waals surface area contributed by atoms with Crippen molar-refractivity contribution in [3.8, 4) is 0 Å². The van der Waals surface area contributed by atoms with Crippen LogP contribution in [0.15, 0.2) is 93.2 Å². The van der Waals surface area contributed by atoms with Crippen molar-refractivity contribution in [1.82, 2.24) is 14.4 Å². The van der Waals surface area contributed by atoms with E-state index >= 15 is 0 Å². The van der Waals surface area contributed by atoms with Crippen LogP contribution in [-0.4, -0.2) is 56.6 Å². The average molecular weight is 817 g/mol. The molecule has 0 heterocycles. The molecule has 0 atom stereocenters. The highest BCUT2D eigenvalue weighted by Crippen LogP contribution is 2.09. The molecule has 0 saturated carbocycles. The van der Waals surface area contributed by atoms with Gasteiger partial charge in [-0.3, -0.25) is 4.79 Å². The number of carbonyl (C=O) groups is 1. The van der Waals surface area contributed by atoms with Crippen molar-refractivity contribution >= 4 is 18.7 Å². The summed E-state index contributed by atoms with van der Waals surface area (Å²) in [6.45, 7) is 35.6. The van der Waals surface area contributed by atoms with E-state index in [9.17, 15) is 4.79 Å². The number of hydrogen-bond acceptors (Lipinski definition) is 5. The monoisotopic (exact) mass is 817 g/mol. The highest BCUT2D eigenvalue weighted by molar-refractivity contribution is 7.46. The molecule has 57 heavy (non-hydrogen) atoms. The molecule has 0 amide bonds. The molecule has 0 aliphatic rings. The van der Waals surface area contributed by atoms with Gasteiger partial charge in [0.05, 0.1) is 6.61 Å². The van der Waals surface area contributed by atoms with Gasteiger partial charge in [-0.25, -0.2) is 0 Å². The maximum atomic E-state index is 10.0. The molecule has 0 unspecified atom stereocenters. The number of aliphatic hydroxyl groups excluding tert-OH is 1. The lowest BCUT2D eigenvalue weighted by molar-refractivity contribution is -0.104. The summed E-state index contributed by atoms with van der Waals surface area (Å²) >= 11 is 3.57. The van der Waals surface area contributed by atoms with E-state index in [1.165, 1.54) is 90.5 Å². The second kappa shape index (κ2) is 57.5. The molecule has 0 fully saturated rings. The predicted molar refractivity (Wildman–Crippen MR) is 265 cm³/mol. The Labute approximate surface area is 362 Å². The normalized spacial score (nSPS) is 10.6. The van der Waals surface area contributed by atoms with Crippen LogP contribution in [0.4, 0.5) is 0 Å². The minimum Gasteiger partial charge on any atom is -0.392 e.